The van der Waals surface area contributed by atoms with Gasteiger partial charge in [-0.25, -0.2) is 9.37 Å². The van der Waals surface area contributed by atoms with Crippen LogP contribution in [0.25, 0.3) is 5.69 Å². The van der Waals surface area contributed by atoms with Gasteiger partial charge in [-0.15, -0.1) is 0 Å². The number of benzene rings is 2. The summed E-state index contributed by atoms with van der Waals surface area (Å²) in [6.07, 6.45) is 5.64. The molecule has 3 heterocycles. The highest BCUT2D eigenvalue weighted by molar-refractivity contribution is 5.97. The Morgan fingerprint density at radius 1 is 1.11 bits per heavy atom. The molecular formula is C27H30FN5O4. The van der Waals surface area contributed by atoms with Crippen molar-refractivity contribution >= 4 is 11.8 Å². The van der Waals surface area contributed by atoms with Gasteiger partial charge in [0.1, 0.15) is 29.7 Å². The smallest absolute Gasteiger partial charge is 0.255 e. The van der Waals surface area contributed by atoms with Crippen LogP contribution < -0.4 is 20.1 Å². The van der Waals surface area contributed by atoms with E-state index in [1.807, 2.05) is 35.0 Å². The fraction of sp³-hybridized carbons (Fsp3) is 0.370. The highest BCUT2D eigenvalue weighted by Crippen LogP contribution is 2.29. The van der Waals surface area contributed by atoms with Crippen molar-refractivity contribution in [1.29, 1.82) is 0 Å². The molecule has 1 fully saturated rings. The van der Waals surface area contributed by atoms with Crippen molar-refractivity contribution in [2.24, 2.45) is 0 Å². The molecular weight excluding hydrogens is 477 g/mol. The molecule has 1 saturated heterocycles. The minimum Gasteiger partial charge on any atom is -0.497 e. The van der Waals surface area contributed by atoms with Gasteiger partial charge < -0.3 is 24.7 Å². The Bertz CT molecular complexity index is 1260. The molecule has 3 aromatic rings. The predicted octanol–water partition coefficient (Wildman–Crippen LogP) is 2.68. The molecule has 37 heavy (non-hydrogen) atoms. The lowest BCUT2D eigenvalue weighted by atomic mass is 10.1. The number of carbonyl (C=O) groups is 2. The third kappa shape index (κ3) is 5.59. The van der Waals surface area contributed by atoms with Crippen molar-refractivity contribution < 1.29 is 23.5 Å². The Kier molecular flexibility index (Phi) is 7.36. The average Bonchev–Trinajstić information content (AvgIpc) is 3.52. The van der Waals surface area contributed by atoms with Crippen LogP contribution >= 0.6 is 0 Å². The molecule has 1 aromatic heterocycles. The van der Waals surface area contributed by atoms with Crippen molar-refractivity contribution in [2.45, 2.75) is 37.9 Å². The number of rotatable bonds is 4. The zero-order chi connectivity index (χ0) is 25.8. The normalized spacial score (nSPS) is 20.8. The van der Waals surface area contributed by atoms with E-state index in [9.17, 15) is 14.0 Å². The van der Waals surface area contributed by atoms with Crippen LogP contribution in [-0.4, -0.2) is 65.2 Å². The standard InChI is InChI=1S/C27H30FN5O4/c1-36-22-7-5-19(6-8-22)32-12-10-29-25(32)17-33-20-3-4-21(33)16-31-27(35)23-14-18(28)2-9-24(23)37-13-11-30-26(34)15-20/h2,5-10,12,14,20-21H,3-4,11,13,15-17H2,1H3,(H,30,34)(H,31,35)/t20-,21+/m0/s1. The maximum atomic E-state index is 13.9. The largest absolute Gasteiger partial charge is 0.497 e. The van der Waals surface area contributed by atoms with E-state index < -0.39 is 11.7 Å². The van der Waals surface area contributed by atoms with Gasteiger partial charge >= 0.3 is 0 Å². The molecule has 0 saturated carbocycles. The second-order valence-electron chi connectivity index (χ2n) is 9.22. The number of nitrogens with one attached hydrogen (secondary N) is 2. The first-order chi connectivity index (χ1) is 18.0. The lowest BCUT2D eigenvalue weighted by Gasteiger charge is -2.30. The average molecular weight is 508 g/mol. The molecule has 0 aliphatic carbocycles. The zero-order valence-electron chi connectivity index (χ0n) is 20.7. The summed E-state index contributed by atoms with van der Waals surface area (Å²) in [6, 6.07) is 11.6. The zero-order valence-corrected chi connectivity index (χ0v) is 20.7. The first-order valence-electron chi connectivity index (χ1n) is 12.4. The fourth-order valence-corrected chi connectivity index (χ4v) is 5.05. The van der Waals surface area contributed by atoms with Crippen LogP contribution in [0.3, 0.4) is 0 Å². The van der Waals surface area contributed by atoms with Crippen LogP contribution in [0, 0.1) is 5.82 Å². The third-order valence-electron chi connectivity index (χ3n) is 6.95. The van der Waals surface area contributed by atoms with Gasteiger partial charge in [-0.3, -0.25) is 14.5 Å². The van der Waals surface area contributed by atoms with Crippen LogP contribution in [0.2, 0.25) is 0 Å². The Morgan fingerprint density at radius 3 is 2.73 bits per heavy atom. The highest BCUT2D eigenvalue weighted by atomic mass is 19.1. The van der Waals surface area contributed by atoms with E-state index in [4.69, 9.17) is 9.47 Å². The summed E-state index contributed by atoms with van der Waals surface area (Å²) in [7, 11) is 1.63. The molecule has 0 radical (unpaired) electrons. The van der Waals surface area contributed by atoms with E-state index >= 15 is 0 Å². The molecule has 2 atom stereocenters. The Labute approximate surface area is 214 Å². The van der Waals surface area contributed by atoms with Gasteiger partial charge in [-0.1, -0.05) is 0 Å². The summed E-state index contributed by atoms with van der Waals surface area (Å²) < 4.78 is 26.9. The summed E-state index contributed by atoms with van der Waals surface area (Å²) in [5, 5.41) is 5.86. The van der Waals surface area contributed by atoms with Gasteiger partial charge in [-0.05, 0) is 55.3 Å². The van der Waals surface area contributed by atoms with E-state index in [1.54, 1.807) is 13.3 Å². The molecule has 194 valence electrons. The van der Waals surface area contributed by atoms with Crippen molar-refractivity contribution in [2.75, 3.05) is 26.8 Å². The molecule has 0 unspecified atom stereocenters. The number of carbonyl (C=O) groups excluding carboxylic acids is 2. The number of methoxy groups -OCH3 is 1. The number of ether oxygens (including phenoxy) is 2. The Balaban J connectivity index is 1.39. The van der Waals surface area contributed by atoms with E-state index in [0.29, 0.717) is 19.5 Å². The predicted molar refractivity (Wildman–Crippen MR) is 134 cm³/mol. The molecule has 5 rings (SSSR count). The van der Waals surface area contributed by atoms with Gasteiger partial charge in [0.05, 0.1) is 25.8 Å². The maximum Gasteiger partial charge on any atom is 0.255 e. The first-order valence-corrected chi connectivity index (χ1v) is 12.4. The number of hydrogen-bond acceptors (Lipinski definition) is 6. The van der Waals surface area contributed by atoms with E-state index in [2.05, 4.69) is 20.5 Å². The number of fused-ring (bicyclic) bond motifs is 3. The molecule has 10 heteroatoms. The minimum atomic E-state index is -0.514. The lowest BCUT2D eigenvalue weighted by molar-refractivity contribution is -0.122. The molecule has 2 aliphatic rings. The topological polar surface area (TPSA) is 97.7 Å². The number of aromatic nitrogens is 2. The van der Waals surface area contributed by atoms with Crippen LogP contribution in [0.15, 0.2) is 54.9 Å². The summed E-state index contributed by atoms with van der Waals surface area (Å²) in [4.78, 5) is 32.6. The van der Waals surface area contributed by atoms with E-state index in [-0.39, 0.29) is 42.5 Å². The summed E-state index contributed by atoms with van der Waals surface area (Å²) in [6.45, 7) is 1.32. The van der Waals surface area contributed by atoms with Crippen LogP contribution in [0.5, 0.6) is 11.5 Å². The maximum absolute atomic E-state index is 13.9. The highest BCUT2D eigenvalue weighted by Gasteiger charge is 2.36. The quantitative estimate of drug-likeness (QED) is 0.564. The molecule has 2 bridgehead atoms. The number of amides is 2. The number of nitrogens with zero attached hydrogens (tertiary/aromatic N) is 3. The van der Waals surface area contributed by atoms with Crippen LogP contribution in [0.1, 0.15) is 35.4 Å². The van der Waals surface area contributed by atoms with Gasteiger partial charge in [0.2, 0.25) is 5.91 Å². The summed E-state index contributed by atoms with van der Waals surface area (Å²) in [5.41, 5.74) is 1.09. The van der Waals surface area contributed by atoms with Crippen LogP contribution in [-0.2, 0) is 11.3 Å². The van der Waals surface area contributed by atoms with E-state index in [1.165, 1.54) is 18.2 Å². The van der Waals surface area contributed by atoms with Crippen molar-refractivity contribution in [3.63, 3.8) is 0 Å². The van der Waals surface area contributed by atoms with Crippen LogP contribution in [0.4, 0.5) is 4.39 Å². The first kappa shape index (κ1) is 24.8. The van der Waals surface area contributed by atoms with Gasteiger partial charge in [0.25, 0.3) is 5.91 Å². The molecule has 2 N–H and O–H groups in total. The third-order valence-corrected chi connectivity index (χ3v) is 6.95. The van der Waals surface area contributed by atoms with Crippen molar-refractivity contribution in [3.05, 3.63) is 72.1 Å². The van der Waals surface area contributed by atoms with E-state index in [0.717, 1.165) is 30.1 Å². The molecule has 0 spiro atoms. The number of hydrogen-bond donors (Lipinski definition) is 2. The van der Waals surface area contributed by atoms with Crippen molar-refractivity contribution in [1.82, 2.24) is 25.1 Å². The van der Waals surface area contributed by atoms with Gasteiger partial charge in [-0.2, -0.15) is 0 Å². The Hall–Kier alpha value is -3.92. The lowest BCUT2D eigenvalue weighted by Crippen LogP contribution is -2.45. The molecule has 2 aliphatic heterocycles. The Morgan fingerprint density at radius 2 is 1.92 bits per heavy atom. The molecule has 9 nitrogen and oxygen atoms in total. The van der Waals surface area contributed by atoms with Crippen molar-refractivity contribution in [3.8, 4) is 17.2 Å². The number of halogens is 1. The second kappa shape index (κ2) is 11.0. The second-order valence-corrected chi connectivity index (χ2v) is 9.22. The van der Waals surface area contributed by atoms with Gasteiger partial charge in [0.15, 0.2) is 0 Å². The van der Waals surface area contributed by atoms with Gasteiger partial charge in [0, 0.05) is 43.1 Å². The summed E-state index contributed by atoms with van der Waals surface area (Å²) >= 11 is 0. The SMILES string of the molecule is COc1ccc(-n2ccnc2CN2[C@@H]3CC[C@H]2CC(=O)NCCOc2ccc(F)cc2C(=O)NC3)cc1. The molecule has 2 amide bonds. The number of imidazole rings is 1. The summed E-state index contributed by atoms with van der Waals surface area (Å²) in [5.74, 6) is 0.923. The minimum absolute atomic E-state index is 0.00323. The fourth-order valence-electron chi connectivity index (χ4n) is 5.05. The molecule has 2 aromatic carbocycles. The monoisotopic (exact) mass is 507 g/mol.